The Balaban J connectivity index is 2.45. The van der Waals surface area contributed by atoms with Gasteiger partial charge in [0.25, 0.3) is 0 Å². The third kappa shape index (κ3) is 2.47. The molecule has 0 atom stereocenters. The van der Waals surface area contributed by atoms with Crippen molar-refractivity contribution < 1.29 is 9.13 Å². The fraction of sp³-hybridized carbons (Fsp3) is 0.538. The molecule has 0 spiro atoms. The molecule has 0 amide bonds. The lowest BCUT2D eigenvalue weighted by molar-refractivity contribution is 0.291. The topological polar surface area (TPSA) is 35.2 Å². The summed E-state index contributed by atoms with van der Waals surface area (Å²) in [6.45, 7) is 0. The van der Waals surface area contributed by atoms with E-state index in [-0.39, 0.29) is 5.82 Å². The fourth-order valence-corrected chi connectivity index (χ4v) is 2.94. The number of nitrogens with two attached hydrogens (primary N) is 1. The highest BCUT2D eigenvalue weighted by molar-refractivity contribution is 9.10. The van der Waals surface area contributed by atoms with Gasteiger partial charge in [-0.25, -0.2) is 4.39 Å². The van der Waals surface area contributed by atoms with Crippen molar-refractivity contribution >= 4 is 15.9 Å². The van der Waals surface area contributed by atoms with Crippen molar-refractivity contribution in [3.8, 4) is 5.75 Å². The zero-order valence-corrected chi connectivity index (χ0v) is 11.5. The maximum absolute atomic E-state index is 14.2. The van der Waals surface area contributed by atoms with Gasteiger partial charge >= 0.3 is 0 Å². The molecular formula is C13H17BrFNO. The van der Waals surface area contributed by atoms with Crippen LogP contribution in [0.25, 0.3) is 0 Å². The summed E-state index contributed by atoms with van der Waals surface area (Å²) in [5, 5.41) is 0. The second-order valence-electron chi connectivity index (χ2n) is 4.69. The minimum absolute atomic E-state index is 0.254. The van der Waals surface area contributed by atoms with Gasteiger partial charge in [0.05, 0.1) is 11.6 Å². The Morgan fingerprint density at radius 2 is 1.94 bits per heavy atom. The first-order valence-corrected chi connectivity index (χ1v) is 6.68. The molecule has 0 aliphatic heterocycles. The van der Waals surface area contributed by atoms with Crippen LogP contribution in [-0.4, -0.2) is 7.11 Å². The second kappa shape index (κ2) is 4.94. The third-order valence-electron chi connectivity index (χ3n) is 3.52. The highest BCUT2D eigenvalue weighted by atomic mass is 79.9. The summed E-state index contributed by atoms with van der Waals surface area (Å²) in [5.74, 6) is 0.388. The highest BCUT2D eigenvalue weighted by Gasteiger charge is 2.33. The average molecular weight is 302 g/mol. The predicted molar refractivity (Wildman–Crippen MR) is 69.6 cm³/mol. The Kier molecular flexibility index (Phi) is 3.73. The molecule has 94 valence electrons. The number of hydrogen-bond donors (Lipinski definition) is 1. The molecule has 2 rings (SSSR count). The van der Waals surface area contributed by atoms with E-state index in [0.717, 1.165) is 25.7 Å². The van der Waals surface area contributed by atoms with Gasteiger partial charge < -0.3 is 10.5 Å². The van der Waals surface area contributed by atoms with E-state index in [2.05, 4.69) is 15.9 Å². The van der Waals surface area contributed by atoms with Crippen LogP contribution in [-0.2, 0) is 5.54 Å². The molecule has 1 aliphatic rings. The molecule has 1 fully saturated rings. The zero-order chi connectivity index (χ0) is 12.5. The van der Waals surface area contributed by atoms with Gasteiger partial charge in [-0.1, -0.05) is 19.3 Å². The van der Waals surface area contributed by atoms with Crippen molar-refractivity contribution in [3.63, 3.8) is 0 Å². The van der Waals surface area contributed by atoms with Gasteiger partial charge in [0.2, 0.25) is 0 Å². The SMILES string of the molecule is COc1cc(Br)c(F)c(C2(N)CCCCC2)c1. The first-order chi connectivity index (χ1) is 8.07. The van der Waals surface area contributed by atoms with E-state index in [1.165, 1.54) is 6.42 Å². The van der Waals surface area contributed by atoms with Crippen LogP contribution < -0.4 is 10.5 Å². The molecule has 1 aromatic carbocycles. The largest absolute Gasteiger partial charge is 0.497 e. The van der Waals surface area contributed by atoms with Crippen molar-refractivity contribution in [2.75, 3.05) is 7.11 Å². The molecule has 0 saturated heterocycles. The van der Waals surface area contributed by atoms with E-state index in [0.29, 0.717) is 15.8 Å². The van der Waals surface area contributed by atoms with Crippen LogP contribution in [0.1, 0.15) is 37.7 Å². The van der Waals surface area contributed by atoms with Gasteiger partial charge in [-0.05, 0) is 40.9 Å². The smallest absolute Gasteiger partial charge is 0.142 e. The van der Waals surface area contributed by atoms with Crippen molar-refractivity contribution in [2.24, 2.45) is 5.73 Å². The first-order valence-electron chi connectivity index (χ1n) is 5.89. The monoisotopic (exact) mass is 301 g/mol. The normalized spacial score (nSPS) is 19.1. The minimum atomic E-state index is -0.542. The van der Waals surface area contributed by atoms with Crippen LogP contribution in [0.5, 0.6) is 5.75 Å². The maximum Gasteiger partial charge on any atom is 0.142 e. The van der Waals surface area contributed by atoms with Crippen LogP contribution in [0.3, 0.4) is 0 Å². The van der Waals surface area contributed by atoms with Gasteiger partial charge in [0, 0.05) is 11.1 Å². The van der Waals surface area contributed by atoms with Crippen LogP contribution in [0.2, 0.25) is 0 Å². The second-order valence-corrected chi connectivity index (χ2v) is 5.54. The number of methoxy groups -OCH3 is 1. The summed E-state index contributed by atoms with van der Waals surface area (Å²) < 4.78 is 19.8. The lowest BCUT2D eigenvalue weighted by Gasteiger charge is -2.34. The van der Waals surface area contributed by atoms with E-state index < -0.39 is 5.54 Å². The number of hydrogen-bond acceptors (Lipinski definition) is 2. The molecular weight excluding hydrogens is 285 g/mol. The molecule has 4 heteroatoms. The average Bonchev–Trinajstić information content (AvgIpc) is 2.33. The van der Waals surface area contributed by atoms with E-state index >= 15 is 0 Å². The predicted octanol–water partition coefficient (Wildman–Crippen LogP) is 3.71. The van der Waals surface area contributed by atoms with E-state index in [4.69, 9.17) is 10.5 Å². The van der Waals surface area contributed by atoms with Crippen LogP contribution in [0.15, 0.2) is 16.6 Å². The van der Waals surface area contributed by atoms with Gasteiger partial charge in [-0.3, -0.25) is 0 Å². The Morgan fingerprint density at radius 3 is 2.53 bits per heavy atom. The van der Waals surface area contributed by atoms with Crippen LogP contribution in [0, 0.1) is 5.82 Å². The fourth-order valence-electron chi connectivity index (χ4n) is 2.50. The van der Waals surface area contributed by atoms with Crippen molar-refractivity contribution in [1.82, 2.24) is 0 Å². The van der Waals surface area contributed by atoms with Gasteiger partial charge in [-0.15, -0.1) is 0 Å². The molecule has 0 aromatic heterocycles. The van der Waals surface area contributed by atoms with Gasteiger partial charge in [-0.2, -0.15) is 0 Å². The Labute approximate surface area is 109 Å². The molecule has 0 radical (unpaired) electrons. The summed E-state index contributed by atoms with van der Waals surface area (Å²) in [4.78, 5) is 0. The molecule has 0 heterocycles. The molecule has 2 N–H and O–H groups in total. The molecule has 1 aromatic rings. The minimum Gasteiger partial charge on any atom is -0.497 e. The van der Waals surface area contributed by atoms with Gasteiger partial charge in [0.15, 0.2) is 0 Å². The Morgan fingerprint density at radius 1 is 1.29 bits per heavy atom. The summed E-state index contributed by atoms with van der Waals surface area (Å²) in [6, 6.07) is 3.36. The Hall–Kier alpha value is -0.610. The summed E-state index contributed by atoms with van der Waals surface area (Å²) in [7, 11) is 1.58. The van der Waals surface area contributed by atoms with Crippen LogP contribution >= 0.6 is 15.9 Å². The maximum atomic E-state index is 14.2. The summed E-state index contributed by atoms with van der Waals surface area (Å²) in [5.41, 5.74) is 6.39. The molecule has 1 saturated carbocycles. The lowest BCUT2D eigenvalue weighted by Crippen LogP contribution is -2.39. The number of halogens is 2. The third-order valence-corrected chi connectivity index (χ3v) is 4.10. The van der Waals surface area contributed by atoms with E-state index in [1.807, 2.05) is 0 Å². The molecule has 2 nitrogen and oxygen atoms in total. The number of rotatable bonds is 2. The summed E-state index contributed by atoms with van der Waals surface area (Å²) >= 11 is 3.22. The van der Waals surface area contributed by atoms with Gasteiger partial charge in [0.1, 0.15) is 11.6 Å². The van der Waals surface area contributed by atoms with Crippen molar-refractivity contribution in [2.45, 2.75) is 37.6 Å². The van der Waals surface area contributed by atoms with E-state index in [1.54, 1.807) is 19.2 Å². The molecule has 0 bridgehead atoms. The number of ether oxygens (including phenoxy) is 1. The van der Waals surface area contributed by atoms with Crippen molar-refractivity contribution in [1.29, 1.82) is 0 Å². The first kappa shape index (κ1) is 12.8. The summed E-state index contributed by atoms with van der Waals surface area (Å²) in [6.07, 6.45) is 4.98. The standard InChI is InChI=1S/C13H17BrFNO/c1-17-9-7-10(12(15)11(14)8-9)13(16)5-3-2-4-6-13/h7-8H,2-6,16H2,1H3. The van der Waals surface area contributed by atoms with Crippen LogP contribution in [0.4, 0.5) is 4.39 Å². The van der Waals surface area contributed by atoms with E-state index in [9.17, 15) is 4.39 Å². The molecule has 17 heavy (non-hydrogen) atoms. The van der Waals surface area contributed by atoms with Crippen molar-refractivity contribution in [3.05, 3.63) is 28.0 Å². The highest BCUT2D eigenvalue weighted by Crippen LogP contribution is 2.39. The molecule has 0 unspecified atom stereocenters. The number of benzene rings is 1. The zero-order valence-electron chi connectivity index (χ0n) is 9.93. The molecule has 1 aliphatic carbocycles. The lowest BCUT2D eigenvalue weighted by atomic mass is 9.77. The quantitative estimate of drug-likeness (QED) is 0.903. The Bertz CT molecular complexity index is 416.